The lowest BCUT2D eigenvalue weighted by Crippen LogP contribution is -2.34. The monoisotopic (exact) mass is 312 g/mol. The van der Waals surface area contributed by atoms with Crippen LogP contribution in [-0.2, 0) is 13.0 Å². The molecule has 0 spiro atoms. The van der Waals surface area contributed by atoms with Crippen LogP contribution < -0.4 is 4.74 Å². The SMILES string of the molecule is CC1(C)Cc2cccc(CN3CCC(n4cncn4)CC3)c2O1. The molecule has 5 nitrogen and oxygen atoms in total. The summed E-state index contributed by atoms with van der Waals surface area (Å²) in [6.45, 7) is 7.50. The van der Waals surface area contributed by atoms with Gasteiger partial charge in [0.15, 0.2) is 0 Å². The van der Waals surface area contributed by atoms with Crippen molar-refractivity contribution in [3.63, 3.8) is 0 Å². The Hall–Kier alpha value is -1.88. The Labute approximate surface area is 137 Å². The average molecular weight is 312 g/mol. The first kappa shape index (κ1) is 14.7. The quantitative estimate of drug-likeness (QED) is 0.874. The Morgan fingerprint density at radius 3 is 2.83 bits per heavy atom. The van der Waals surface area contributed by atoms with Crippen molar-refractivity contribution in [2.24, 2.45) is 0 Å². The van der Waals surface area contributed by atoms with Crippen molar-refractivity contribution in [3.05, 3.63) is 42.0 Å². The summed E-state index contributed by atoms with van der Waals surface area (Å²) in [6.07, 6.45) is 6.72. The Balaban J connectivity index is 1.42. The highest BCUT2D eigenvalue weighted by molar-refractivity contribution is 5.45. The summed E-state index contributed by atoms with van der Waals surface area (Å²) < 4.78 is 8.20. The summed E-state index contributed by atoms with van der Waals surface area (Å²) >= 11 is 0. The molecular formula is C18H24N4O. The van der Waals surface area contributed by atoms with Crippen LogP contribution in [0.4, 0.5) is 0 Å². The molecule has 0 aliphatic carbocycles. The van der Waals surface area contributed by atoms with Gasteiger partial charge in [0, 0.05) is 31.6 Å². The van der Waals surface area contributed by atoms with E-state index in [9.17, 15) is 0 Å². The smallest absolute Gasteiger partial charge is 0.137 e. The molecule has 0 saturated carbocycles. The van der Waals surface area contributed by atoms with Crippen LogP contribution in [0.25, 0.3) is 0 Å². The van der Waals surface area contributed by atoms with Gasteiger partial charge in [0.1, 0.15) is 24.0 Å². The predicted molar refractivity (Wildman–Crippen MR) is 88.4 cm³/mol. The maximum atomic E-state index is 6.20. The summed E-state index contributed by atoms with van der Waals surface area (Å²) in [4.78, 5) is 6.58. The maximum absolute atomic E-state index is 6.20. The third-order valence-electron chi connectivity index (χ3n) is 4.93. The summed E-state index contributed by atoms with van der Waals surface area (Å²) in [6, 6.07) is 7.07. The van der Waals surface area contributed by atoms with E-state index in [0.29, 0.717) is 6.04 Å². The van der Waals surface area contributed by atoms with Crippen molar-refractivity contribution in [3.8, 4) is 5.75 Å². The van der Waals surface area contributed by atoms with E-state index < -0.39 is 0 Å². The van der Waals surface area contributed by atoms with Gasteiger partial charge in [-0.25, -0.2) is 9.67 Å². The van der Waals surface area contributed by atoms with Gasteiger partial charge in [0.05, 0.1) is 6.04 Å². The zero-order valence-corrected chi connectivity index (χ0v) is 13.9. The topological polar surface area (TPSA) is 43.2 Å². The third kappa shape index (κ3) is 2.98. The van der Waals surface area contributed by atoms with Gasteiger partial charge in [-0.3, -0.25) is 4.90 Å². The largest absolute Gasteiger partial charge is 0.487 e. The molecule has 0 radical (unpaired) electrons. The van der Waals surface area contributed by atoms with E-state index in [1.165, 1.54) is 11.1 Å². The van der Waals surface area contributed by atoms with Crippen LogP contribution in [0.15, 0.2) is 30.9 Å². The molecule has 1 saturated heterocycles. The average Bonchev–Trinajstić information content (AvgIpc) is 3.15. The normalized spacial score (nSPS) is 21.1. The highest BCUT2D eigenvalue weighted by Crippen LogP contribution is 2.38. The van der Waals surface area contributed by atoms with Gasteiger partial charge in [0.25, 0.3) is 0 Å². The first-order valence-corrected chi connectivity index (χ1v) is 8.47. The number of para-hydroxylation sites is 1. The molecule has 2 aliphatic rings. The van der Waals surface area contributed by atoms with Crippen molar-refractivity contribution in [2.45, 2.75) is 51.3 Å². The lowest BCUT2D eigenvalue weighted by atomic mass is 10.00. The molecule has 0 N–H and O–H groups in total. The lowest BCUT2D eigenvalue weighted by molar-refractivity contribution is 0.132. The Morgan fingerprint density at radius 2 is 2.09 bits per heavy atom. The molecule has 0 unspecified atom stereocenters. The van der Waals surface area contributed by atoms with E-state index >= 15 is 0 Å². The fourth-order valence-electron chi connectivity index (χ4n) is 3.79. The van der Waals surface area contributed by atoms with Crippen molar-refractivity contribution in [2.75, 3.05) is 13.1 Å². The molecule has 0 bridgehead atoms. The first-order valence-electron chi connectivity index (χ1n) is 8.47. The number of hydrogen-bond acceptors (Lipinski definition) is 4. The van der Waals surface area contributed by atoms with Crippen LogP contribution in [0, 0.1) is 0 Å². The summed E-state index contributed by atoms with van der Waals surface area (Å²) in [5.74, 6) is 1.12. The zero-order valence-electron chi connectivity index (χ0n) is 13.9. The standard InChI is InChI=1S/C18H24N4O/c1-18(2)10-14-4-3-5-15(17(14)23-18)11-21-8-6-16(7-9-21)22-13-19-12-20-22/h3-5,12-13,16H,6-11H2,1-2H3. The number of ether oxygens (including phenoxy) is 1. The van der Waals surface area contributed by atoms with Crippen LogP contribution in [0.3, 0.4) is 0 Å². The first-order chi connectivity index (χ1) is 11.1. The van der Waals surface area contributed by atoms with E-state index in [1.807, 2.05) is 11.0 Å². The van der Waals surface area contributed by atoms with Crippen molar-refractivity contribution in [1.29, 1.82) is 0 Å². The van der Waals surface area contributed by atoms with Crippen molar-refractivity contribution < 1.29 is 4.74 Å². The molecule has 2 aromatic rings. The van der Waals surface area contributed by atoms with Crippen LogP contribution in [-0.4, -0.2) is 38.4 Å². The summed E-state index contributed by atoms with van der Waals surface area (Å²) in [5, 5.41) is 4.28. The molecule has 0 atom stereocenters. The predicted octanol–water partition coefficient (Wildman–Crippen LogP) is 2.83. The number of piperidine rings is 1. The summed E-state index contributed by atoms with van der Waals surface area (Å²) in [5.41, 5.74) is 2.61. The molecule has 1 fully saturated rings. The molecule has 3 heterocycles. The van der Waals surface area contributed by atoms with Gasteiger partial charge in [-0.15, -0.1) is 0 Å². The van der Waals surface area contributed by atoms with Gasteiger partial charge in [-0.05, 0) is 32.3 Å². The van der Waals surface area contributed by atoms with Crippen LogP contribution >= 0.6 is 0 Å². The highest BCUT2D eigenvalue weighted by atomic mass is 16.5. The molecule has 1 aromatic carbocycles. The molecule has 0 amide bonds. The number of hydrogen-bond donors (Lipinski definition) is 0. The Bertz CT molecular complexity index is 672. The van der Waals surface area contributed by atoms with Crippen LogP contribution in [0.2, 0.25) is 0 Å². The fourth-order valence-corrected chi connectivity index (χ4v) is 3.79. The number of likely N-dealkylation sites (tertiary alicyclic amines) is 1. The van der Waals surface area contributed by atoms with Gasteiger partial charge in [0.2, 0.25) is 0 Å². The van der Waals surface area contributed by atoms with E-state index in [4.69, 9.17) is 4.74 Å². The minimum absolute atomic E-state index is 0.0709. The number of rotatable bonds is 3. The molecule has 2 aliphatic heterocycles. The Kier molecular flexibility index (Phi) is 3.60. The minimum atomic E-state index is -0.0709. The van der Waals surface area contributed by atoms with Crippen LogP contribution in [0.5, 0.6) is 5.75 Å². The Morgan fingerprint density at radius 1 is 1.26 bits per heavy atom. The second-order valence-corrected chi connectivity index (χ2v) is 7.33. The van der Waals surface area contributed by atoms with Crippen molar-refractivity contribution in [1.82, 2.24) is 19.7 Å². The van der Waals surface area contributed by atoms with Gasteiger partial charge < -0.3 is 4.74 Å². The lowest BCUT2D eigenvalue weighted by Gasteiger charge is -2.32. The van der Waals surface area contributed by atoms with E-state index in [-0.39, 0.29) is 5.60 Å². The highest BCUT2D eigenvalue weighted by Gasteiger charge is 2.32. The van der Waals surface area contributed by atoms with Crippen LogP contribution in [0.1, 0.15) is 43.9 Å². The molecule has 23 heavy (non-hydrogen) atoms. The van der Waals surface area contributed by atoms with Gasteiger partial charge in [-0.1, -0.05) is 18.2 Å². The third-order valence-corrected chi connectivity index (χ3v) is 4.93. The minimum Gasteiger partial charge on any atom is -0.487 e. The fraction of sp³-hybridized carbons (Fsp3) is 0.556. The molecular weight excluding hydrogens is 288 g/mol. The molecule has 122 valence electrons. The number of fused-ring (bicyclic) bond motifs is 1. The van der Waals surface area contributed by atoms with Gasteiger partial charge >= 0.3 is 0 Å². The number of benzene rings is 1. The van der Waals surface area contributed by atoms with Gasteiger partial charge in [-0.2, -0.15) is 5.10 Å². The molecule has 5 heteroatoms. The number of aromatic nitrogens is 3. The maximum Gasteiger partial charge on any atom is 0.137 e. The zero-order chi connectivity index (χ0) is 15.9. The summed E-state index contributed by atoms with van der Waals surface area (Å²) in [7, 11) is 0. The second-order valence-electron chi connectivity index (χ2n) is 7.33. The van der Waals surface area contributed by atoms with Crippen molar-refractivity contribution >= 4 is 0 Å². The van der Waals surface area contributed by atoms with E-state index in [0.717, 1.165) is 44.6 Å². The van der Waals surface area contributed by atoms with E-state index in [2.05, 4.69) is 47.0 Å². The number of nitrogens with zero attached hydrogens (tertiary/aromatic N) is 4. The van der Waals surface area contributed by atoms with E-state index in [1.54, 1.807) is 6.33 Å². The molecule has 4 rings (SSSR count). The molecule has 1 aromatic heterocycles. The second kappa shape index (κ2) is 5.64.